The van der Waals surface area contributed by atoms with Crippen LogP contribution in [0, 0.1) is 0 Å². The summed E-state index contributed by atoms with van der Waals surface area (Å²) in [7, 11) is 0. The zero-order valence-corrected chi connectivity index (χ0v) is 8.25. The van der Waals surface area contributed by atoms with E-state index in [0.717, 1.165) is 31.8 Å². The number of anilines is 1. The molecule has 1 aliphatic heterocycles. The molecule has 1 aromatic carbocycles. The Labute approximate surface area is 84.3 Å². The summed E-state index contributed by atoms with van der Waals surface area (Å²) in [4.78, 5) is 0. The molecule has 0 unspecified atom stereocenters. The fraction of sp³-hybridized carbons (Fsp3) is 0.455. The van der Waals surface area contributed by atoms with E-state index in [1.165, 1.54) is 11.1 Å². The second-order valence-electron chi connectivity index (χ2n) is 3.62. The van der Waals surface area contributed by atoms with E-state index in [0.29, 0.717) is 6.61 Å². The maximum Gasteiger partial charge on any atom is 0.0717 e. The van der Waals surface area contributed by atoms with Crippen LogP contribution in [0.2, 0.25) is 0 Å². The number of hydrogen-bond acceptors (Lipinski definition) is 3. The summed E-state index contributed by atoms with van der Waals surface area (Å²) in [6.07, 6.45) is 1.06. The molecular formula is C11H16N2O. The van der Waals surface area contributed by atoms with Gasteiger partial charge in [0.2, 0.25) is 0 Å². The summed E-state index contributed by atoms with van der Waals surface area (Å²) in [6.45, 7) is 3.38. The van der Waals surface area contributed by atoms with E-state index < -0.39 is 0 Å². The van der Waals surface area contributed by atoms with Gasteiger partial charge in [0.1, 0.15) is 0 Å². The molecule has 0 radical (unpaired) electrons. The van der Waals surface area contributed by atoms with Crippen molar-refractivity contribution in [3.63, 3.8) is 0 Å². The fourth-order valence-electron chi connectivity index (χ4n) is 1.61. The van der Waals surface area contributed by atoms with Gasteiger partial charge in [-0.05, 0) is 30.2 Å². The van der Waals surface area contributed by atoms with Gasteiger partial charge < -0.3 is 15.8 Å². The number of nitrogens with two attached hydrogens (primary N) is 1. The van der Waals surface area contributed by atoms with Crippen LogP contribution in [-0.2, 0) is 17.9 Å². The number of fused-ring (bicyclic) bond motifs is 2. The first-order chi connectivity index (χ1) is 6.86. The largest absolute Gasteiger partial charge is 0.398 e. The quantitative estimate of drug-likeness (QED) is 0.609. The predicted octanol–water partition coefficient (Wildman–Crippen LogP) is 1.28. The van der Waals surface area contributed by atoms with E-state index in [4.69, 9.17) is 10.5 Å². The summed E-state index contributed by atoms with van der Waals surface area (Å²) >= 11 is 0. The molecular weight excluding hydrogens is 176 g/mol. The van der Waals surface area contributed by atoms with Gasteiger partial charge in [-0.2, -0.15) is 0 Å². The van der Waals surface area contributed by atoms with Gasteiger partial charge in [-0.25, -0.2) is 0 Å². The molecule has 76 valence electrons. The Balaban J connectivity index is 2.21. The number of hydrogen-bond donors (Lipinski definition) is 2. The Bertz CT molecular complexity index is 312. The molecule has 0 fully saturated rings. The molecule has 3 nitrogen and oxygen atoms in total. The highest BCUT2D eigenvalue weighted by atomic mass is 16.5. The lowest BCUT2D eigenvalue weighted by molar-refractivity contribution is 0.117. The molecule has 0 amide bonds. The number of nitrogens with one attached hydrogen (secondary N) is 1. The van der Waals surface area contributed by atoms with Gasteiger partial charge >= 0.3 is 0 Å². The van der Waals surface area contributed by atoms with E-state index in [2.05, 4.69) is 11.4 Å². The lowest BCUT2D eigenvalue weighted by atomic mass is 10.1. The van der Waals surface area contributed by atoms with Crippen molar-refractivity contribution in [3.05, 3.63) is 29.3 Å². The summed E-state index contributed by atoms with van der Waals surface area (Å²) in [5.74, 6) is 0. The first-order valence-electron chi connectivity index (χ1n) is 5.02. The average Bonchev–Trinajstić information content (AvgIpc) is 2.21. The van der Waals surface area contributed by atoms with Crippen molar-refractivity contribution < 1.29 is 4.74 Å². The molecule has 1 aliphatic rings. The lowest BCUT2D eigenvalue weighted by Crippen LogP contribution is -2.18. The monoisotopic (exact) mass is 192 g/mol. The van der Waals surface area contributed by atoms with Crippen molar-refractivity contribution in [1.82, 2.24) is 5.32 Å². The van der Waals surface area contributed by atoms with Crippen LogP contribution in [0.1, 0.15) is 17.5 Å². The van der Waals surface area contributed by atoms with E-state index >= 15 is 0 Å². The molecule has 1 aromatic rings. The van der Waals surface area contributed by atoms with Crippen LogP contribution in [0.5, 0.6) is 0 Å². The van der Waals surface area contributed by atoms with E-state index in [1.54, 1.807) is 0 Å². The third kappa shape index (κ3) is 2.25. The van der Waals surface area contributed by atoms with Crippen LogP contribution in [0.4, 0.5) is 5.69 Å². The van der Waals surface area contributed by atoms with Crippen molar-refractivity contribution in [2.24, 2.45) is 0 Å². The Morgan fingerprint density at radius 3 is 3.21 bits per heavy atom. The predicted molar refractivity (Wildman–Crippen MR) is 56.8 cm³/mol. The van der Waals surface area contributed by atoms with Crippen LogP contribution in [0.3, 0.4) is 0 Å². The van der Waals surface area contributed by atoms with Gasteiger partial charge in [0.05, 0.1) is 6.61 Å². The van der Waals surface area contributed by atoms with Crippen molar-refractivity contribution in [1.29, 1.82) is 0 Å². The van der Waals surface area contributed by atoms with E-state index in [9.17, 15) is 0 Å². The standard InChI is InChI=1S/C11H16N2O/c12-11-3-2-9-6-10(11)7-13-4-1-5-14-8-9/h2-3,6,13H,1,4-5,7-8,12H2. The highest BCUT2D eigenvalue weighted by Crippen LogP contribution is 2.15. The van der Waals surface area contributed by atoms with Gasteiger partial charge in [0, 0.05) is 18.8 Å². The second-order valence-corrected chi connectivity index (χ2v) is 3.62. The Morgan fingerprint density at radius 2 is 2.29 bits per heavy atom. The van der Waals surface area contributed by atoms with Crippen LogP contribution >= 0.6 is 0 Å². The lowest BCUT2D eigenvalue weighted by Gasteiger charge is -2.13. The summed E-state index contributed by atoms with van der Waals surface area (Å²) in [6, 6.07) is 6.10. The molecule has 0 aromatic heterocycles. The van der Waals surface area contributed by atoms with Gasteiger partial charge in [-0.1, -0.05) is 12.1 Å². The normalized spacial score (nSPS) is 17.7. The number of benzene rings is 1. The van der Waals surface area contributed by atoms with Gasteiger partial charge in [-0.3, -0.25) is 0 Å². The Morgan fingerprint density at radius 1 is 1.36 bits per heavy atom. The summed E-state index contributed by atoms with van der Waals surface area (Å²) in [5.41, 5.74) is 9.11. The zero-order valence-electron chi connectivity index (χ0n) is 8.25. The Kier molecular flexibility index (Phi) is 3.01. The zero-order chi connectivity index (χ0) is 9.80. The molecule has 2 bridgehead atoms. The van der Waals surface area contributed by atoms with E-state index in [1.807, 2.05) is 12.1 Å². The third-order valence-corrected chi connectivity index (χ3v) is 2.43. The van der Waals surface area contributed by atoms with Gasteiger partial charge in [0.15, 0.2) is 0 Å². The number of nitrogen functional groups attached to an aromatic ring is 1. The van der Waals surface area contributed by atoms with Crippen molar-refractivity contribution >= 4 is 5.69 Å². The maximum absolute atomic E-state index is 5.86. The van der Waals surface area contributed by atoms with Crippen molar-refractivity contribution in [3.8, 4) is 0 Å². The molecule has 0 saturated carbocycles. The van der Waals surface area contributed by atoms with Crippen LogP contribution in [-0.4, -0.2) is 13.2 Å². The molecule has 0 atom stereocenters. The summed E-state index contributed by atoms with van der Waals surface area (Å²) in [5, 5.41) is 3.34. The van der Waals surface area contributed by atoms with E-state index in [-0.39, 0.29) is 0 Å². The molecule has 3 N–H and O–H groups in total. The molecule has 0 aliphatic carbocycles. The van der Waals surface area contributed by atoms with Crippen LogP contribution in [0.15, 0.2) is 18.2 Å². The Hall–Kier alpha value is -1.06. The topological polar surface area (TPSA) is 47.3 Å². The van der Waals surface area contributed by atoms with Crippen molar-refractivity contribution in [2.75, 3.05) is 18.9 Å². The molecule has 14 heavy (non-hydrogen) atoms. The molecule has 1 heterocycles. The SMILES string of the molecule is Nc1ccc2cc1CNCCCOC2. The molecule has 2 rings (SSSR count). The minimum absolute atomic E-state index is 0.702. The van der Waals surface area contributed by atoms with Gasteiger partial charge in [0.25, 0.3) is 0 Å². The summed E-state index contributed by atoms with van der Waals surface area (Å²) < 4.78 is 5.51. The highest BCUT2D eigenvalue weighted by Gasteiger charge is 2.03. The first kappa shape index (κ1) is 9.49. The number of ether oxygens (including phenoxy) is 1. The highest BCUT2D eigenvalue weighted by molar-refractivity contribution is 5.48. The first-order valence-corrected chi connectivity index (χ1v) is 5.02. The smallest absolute Gasteiger partial charge is 0.0717 e. The molecule has 3 heteroatoms. The molecule has 0 saturated heterocycles. The van der Waals surface area contributed by atoms with Crippen LogP contribution < -0.4 is 11.1 Å². The third-order valence-electron chi connectivity index (χ3n) is 2.43. The second kappa shape index (κ2) is 4.44. The molecule has 0 spiro atoms. The minimum atomic E-state index is 0.702. The van der Waals surface area contributed by atoms with Gasteiger partial charge in [-0.15, -0.1) is 0 Å². The van der Waals surface area contributed by atoms with Crippen molar-refractivity contribution in [2.45, 2.75) is 19.6 Å². The fourth-order valence-corrected chi connectivity index (χ4v) is 1.61. The number of rotatable bonds is 0. The maximum atomic E-state index is 5.86. The van der Waals surface area contributed by atoms with Crippen LogP contribution in [0.25, 0.3) is 0 Å². The average molecular weight is 192 g/mol. The minimum Gasteiger partial charge on any atom is -0.398 e.